The number of sulfonamides is 1. The summed E-state index contributed by atoms with van der Waals surface area (Å²) in [5.41, 5.74) is -1.16. The fourth-order valence-electron chi connectivity index (χ4n) is 5.09. The van der Waals surface area contributed by atoms with Gasteiger partial charge in [-0.15, -0.1) is 0 Å². The van der Waals surface area contributed by atoms with E-state index in [-0.39, 0.29) is 54.5 Å². The van der Waals surface area contributed by atoms with Gasteiger partial charge in [0, 0.05) is 45.0 Å². The van der Waals surface area contributed by atoms with Crippen LogP contribution >= 0.6 is 0 Å². The predicted molar refractivity (Wildman–Crippen MR) is 140 cm³/mol. The van der Waals surface area contributed by atoms with Crippen molar-refractivity contribution in [2.24, 2.45) is 0 Å². The second-order valence-electron chi connectivity index (χ2n) is 9.62. The Morgan fingerprint density at radius 3 is 2.35 bits per heavy atom. The molecule has 2 heterocycles. The van der Waals surface area contributed by atoms with E-state index in [1.54, 1.807) is 32.0 Å². The lowest BCUT2D eigenvalue weighted by molar-refractivity contribution is -0.141. The maximum atomic E-state index is 13.9. The van der Waals surface area contributed by atoms with Gasteiger partial charge in [-0.3, -0.25) is 9.80 Å². The van der Waals surface area contributed by atoms with Crippen LogP contribution in [0.15, 0.2) is 70.8 Å². The molecular formula is C27H31F3N4O5S. The second-order valence-corrected chi connectivity index (χ2v) is 11.5. The number of piperazine rings is 1. The molecule has 2 amide bonds. The monoisotopic (exact) mass is 580 g/mol. The van der Waals surface area contributed by atoms with Crippen molar-refractivity contribution in [3.63, 3.8) is 0 Å². The average molecular weight is 581 g/mol. The normalized spacial score (nSPS) is 21.4. The largest absolute Gasteiger partial charge is 0.463 e. The number of ether oxygens (including phenoxy) is 1. The van der Waals surface area contributed by atoms with E-state index in [1.165, 1.54) is 46.6 Å². The number of esters is 1. The van der Waals surface area contributed by atoms with Gasteiger partial charge in [-0.2, -0.15) is 17.5 Å². The lowest BCUT2D eigenvalue weighted by atomic mass is 9.90. The van der Waals surface area contributed by atoms with Crippen LogP contribution in [0, 0.1) is 0 Å². The molecule has 0 bridgehead atoms. The molecule has 2 aliphatic rings. The minimum atomic E-state index is -4.72. The van der Waals surface area contributed by atoms with Crippen LogP contribution in [0.1, 0.15) is 31.0 Å². The third-order valence-electron chi connectivity index (χ3n) is 7.02. The number of halogens is 3. The van der Waals surface area contributed by atoms with Crippen molar-refractivity contribution in [1.29, 1.82) is 0 Å². The molecule has 2 atom stereocenters. The highest BCUT2D eigenvalue weighted by Gasteiger charge is 2.43. The average Bonchev–Trinajstić information content (AvgIpc) is 2.91. The number of amides is 2. The summed E-state index contributed by atoms with van der Waals surface area (Å²) in [7, 11) is -2.32. The van der Waals surface area contributed by atoms with Crippen LogP contribution in [-0.2, 0) is 25.7 Å². The highest BCUT2D eigenvalue weighted by Crippen LogP contribution is 2.39. The van der Waals surface area contributed by atoms with Crippen LogP contribution in [-0.4, -0.2) is 80.4 Å². The number of hydrogen-bond donors (Lipinski definition) is 1. The molecular weight excluding hydrogens is 549 g/mol. The van der Waals surface area contributed by atoms with Gasteiger partial charge in [-0.05, 0) is 37.6 Å². The van der Waals surface area contributed by atoms with E-state index in [9.17, 15) is 31.2 Å². The van der Waals surface area contributed by atoms with E-state index in [4.69, 9.17) is 4.74 Å². The van der Waals surface area contributed by atoms with Crippen molar-refractivity contribution in [3.8, 4) is 0 Å². The fourth-order valence-corrected chi connectivity index (χ4v) is 6.73. The highest BCUT2D eigenvalue weighted by molar-refractivity contribution is 7.89. The van der Waals surface area contributed by atoms with Gasteiger partial charge in [0.25, 0.3) is 0 Å². The summed E-state index contributed by atoms with van der Waals surface area (Å²) < 4.78 is 74.7. The maximum absolute atomic E-state index is 13.9. The first-order valence-corrected chi connectivity index (χ1v) is 14.2. The molecule has 9 nitrogen and oxygen atoms in total. The summed E-state index contributed by atoms with van der Waals surface area (Å²) in [4.78, 5) is 29.4. The molecule has 1 fully saturated rings. The number of likely N-dealkylation sites (N-methyl/N-ethyl adjacent to an activating group) is 1. The first kappa shape index (κ1) is 29.6. The number of urea groups is 1. The molecule has 13 heteroatoms. The lowest BCUT2D eigenvalue weighted by Gasteiger charge is -2.41. The number of carbonyl (C=O) groups is 2. The topological polar surface area (TPSA) is 99.3 Å². The van der Waals surface area contributed by atoms with Crippen LogP contribution in [0.4, 0.5) is 18.0 Å². The SMILES string of the molecule is CCOC(=O)C1=C(CN2CCN(S(=O)(=O)c3ccccc3)[C@@H](C)C2)N(C)C(=O)N[C@H]1c1ccccc1C(F)(F)F. The molecule has 40 heavy (non-hydrogen) atoms. The van der Waals surface area contributed by atoms with E-state index < -0.39 is 45.8 Å². The first-order valence-electron chi connectivity index (χ1n) is 12.8. The van der Waals surface area contributed by atoms with Gasteiger partial charge < -0.3 is 10.1 Å². The van der Waals surface area contributed by atoms with E-state index >= 15 is 0 Å². The van der Waals surface area contributed by atoms with Gasteiger partial charge in [0.2, 0.25) is 10.0 Å². The van der Waals surface area contributed by atoms with Crippen LogP contribution in [0.3, 0.4) is 0 Å². The van der Waals surface area contributed by atoms with Crippen molar-refractivity contribution in [2.45, 2.75) is 37.0 Å². The summed E-state index contributed by atoms with van der Waals surface area (Å²) in [6.07, 6.45) is -4.72. The van der Waals surface area contributed by atoms with Crippen LogP contribution in [0.25, 0.3) is 0 Å². The van der Waals surface area contributed by atoms with Gasteiger partial charge in [0.15, 0.2) is 0 Å². The molecule has 1 saturated heterocycles. The molecule has 2 aromatic carbocycles. The van der Waals surface area contributed by atoms with Crippen molar-refractivity contribution in [1.82, 2.24) is 19.4 Å². The third-order valence-corrected chi connectivity index (χ3v) is 9.05. The highest BCUT2D eigenvalue weighted by atomic mass is 32.2. The van der Waals surface area contributed by atoms with Gasteiger partial charge in [-0.1, -0.05) is 36.4 Å². The summed E-state index contributed by atoms with van der Waals surface area (Å²) in [5, 5.41) is 2.53. The number of carbonyl (C=O) groups excluding carboxylic acids is 2. The molecule has 1 N–H and O–H groups in total. The number of nitrogens with zero attached hydrogens (tertiary/aromatic N) is 3. The number of rotatable bonds is 7. The van der Waals surface area contributed by atoms with E-state index in [1.807, 2.05) is 4.90 Å². The van der Waals surface area contributed by atoms with E-state index in [0.29, 0.717) is 0 Å². The molecule has 216 valence electrons. The predicted octanol–water partition coefficient (Wildman–Crippen LogP) is 3.61. The Hall–Kier alpha value is -3.42. The Morgan fingerprint density at radius 2 is 1.73 bits per heavy atom. The van der Waals surface area contributed by atoms with E-state index in [0.717, 1.165) is 6.07 Å². The van der Waals surface area contributed by atoms with Gasteiger partial charge in [-0.25, -0.2) is 18.0 Å². The minimum absolute atomic E-state index is 0.0199. The smallest absolute Gasteiger partial charge is 0.416 e. The summed E-state index contributed by atoms with van der Waals surface area (Å²) in [6.45, 7) is 4.03. The summed E-state index contributed by atoms with van der Waals surface area (Å²) in [6, 6.07) is 10.3. The van der Waals surface area contributed by atoms with Gasteiger partial charge >= 0.3 is 18.2 Å². The van der Waals surface area contributed by atoms with Crippen LogP contribution < -0.4 is 5.32 Å². The van der Waals surface area contributed by atoms with Gasteiger partial charge in [0.1, 0.15) is 0 Å². The van der Waals surface area contributed by atoms with Crippen molar-refractivity contribution in [3.05, 3.63) is 77.0 Å². The molecule has 2 aromatic rings. The molecule has 0 saturated carbocycles. The zero-order valence-corrected chi connectivity index (χ0v) is 23.1. The molecule has 4 rings (SSSR count). The van der Waals surface area contributed by atoms with Crippen molar-refractivity contribution in [2.75, 3.05) is 39.8 Å². The number of nitrogens with one attached hydrogen (secondary N) is 1. The first-order chi connectivity index (χ1) is 18.9. The quantitative estimate of drug-likeness (QED) is 0.503. The number of alkyl halides is 3. The van der Waals surface area contributed by atoms with Crippen LogP contribution in [0.2, 0.25) is 0 Å². The molecule has 0 spiro atoms. The molecule has 0 aromatic heterocycles. The van der Waals surface area contributed by atoms with Crippen LogP contribution in [0.5, 0.6) is 0 Å². The second kappa shape index (κ2) is 11.6. The summed E-state index contributed by atoms with van der Waals surface area (Å²) in [5.74, 6) is -0.843. The lowest BCUT2D eigenvalue weighted by Crippen LogP contribution is -2.56. The molecule has 2 aliphatic heterocycles. The number of hydrogen-bond acceptors (Lipinski definition) is 6. The molecule has 0 unspecified atom stereocenters. The molecule has 0 aliphatic carbocycles. The van der Waals surface area contributed by atoms with Gasteiger partial charge in [0.05, 0.1) is 28.7 Å². The zero-order valence-electron chi connectivity index (χ0n) is 22.3. The third kappa shape index (κ3) is 5.86. The zero-order chi connectivity index (χ0) is 29.2. The summed E-state index contributed by atoms with van der Waals surface area (Å²) >= 11 is 0. The Kier molecular flexibility index (Phi) is 8.57. The number of benzene rings is 2. The Balaban J connectivity index is 1.69. The Bertz CT molecular complexity index is 1400. The Labute approximate surface area is 231 Å². The Morgan fingerprint density at radius 1 is 1.07 bits per heavy atom. The van der Waals surface area contributed by atoms with E-state index in [2.05, 4.69) is 5.32 Å². The fraction of sp³-hybridized carbons (Fsp3) is 0.407. The standard InChI is InChI=1S/C27H31F3N4O5S/c1-4-39-25(35)23-22(32(3)26(36)31-24(23)20-12-8-9-13-21(20)27(28,29)30)17-33-14-15-34(18(2)16-33)40(37,38)19-10-6-5-7-11-19/h5-13,18,24H,4,14-17H2,1-3H3,(H,31,36)/t18-,24-/m0/s1. The molecule has 0 radical (unpaired) electrons. The van der Waals surface area contributed by atoms with Crippen molar-refractivity contribution < 1.29 is 35.9 Å². The van der Waals surface area contributed by atoms with Crippen molar-refractivity contribution >= 4 is 22.0 Å². The minimum Gasteiger partial charge on any atom is -0.463 e. The maximum Gasteiger partial charge on any atom is 0.416 e.